The monoisotopic (exact) mass is 441 g/mol. The predicted octanol–water partition coefficient (Wildman–Crippen LogP) is 5.24. The van der Waals surface area contributed by atoms with Crippen molar-refractivity contribution in [3.63, 3.8) is 0 Å². The second-order valence-electron chi connectivity index (χ2n) is 5.24. The average molecular weight is 443 g/mol. The van der Waals surface area contributed by atoms with Gasteiger partial charge in [0.05, 0.1) is 5.02 Å². The minimum absolute atomic E-state index is 0.202. The van der Waals surface area contributed by atoms with E-state index in [0.29, 0.717) is 11.6 Å². The molecule has 1 heterocycles. The number of benzene rings is 2. The molecule has 130 valence electrons. The van der Waals surface area contributed by atoms with Crippen LogP contribution in [0.3, 0.4) is 0 Å². The molecule has 0 atom stereocenters. The molecule has 0 aliphatic heterocycles. The Balaban J connectivity index is 1.61. The van der Waals surface area contributed by atoms with Crippen molar-refractivity contribution < 1.29 is 9.13 Å². The summed E-state index contributed by atoms with van der Waals surface area (Å²) < 4.78 is 21.6. The molecule has 0 saturated carbocycles. The standard InChI is InChI=1S/C17H14BrClFN3OS/c1-23-16(9-24-15-7-6-13(20)8-14(15)19)21-22-17(23)25-10-11-2-4-12(18)5-3-11/h2-8H,9-10H2,1H3. The maximum Gasteiger partial charge on any atom is 0.191 e. The van der Waals surface area contributed by atoms with Crippen LogP contribution in [0.1, 0.15) is 11.4 Å². The highest BCUT2D eigenvalue weighted by molar-refractivity contribution is 9.10. The van der Waals surface area contributed by atoms with Crippen LogP contribution in [0, 0.1) is 5.82 Å². The summed E-state index contributed by atoms with van der Waals surface area (Å²) in [4.78, 5) is 0. The fourth-order valence-corrected chi connectivity index (χ4v) is 3.43. The number of hydrogen-bond donors (Lipinski definition) is 0. The Labute approximate surface area is 162 Å². The van der Waals surface area contributed by atoms with Gasteiger partial charge in [0.1, 0.15) is 18.2 Å². The van der Waals surface area contributed by atoms with Crippen LogP contribution in [0.2, 0.25) is 5.02 Å². The van der Waals surface area contributed by atoms with Crippen LogP contribution in [-0.2, 0) is 19.4 Å². The van der Waals surface area contributed by atoms with Crippen molar-refractivity contribution in [2.24, 2.45) is 7.05 Å². The van der Waals surface area contributed by atoms with Gasteiger partial charge in [0.15, 0.2) is 11.0 Å². The lowest BCUT2D eigenvalue weighted by molar-refractivity contribution is 0.290. The third-order valence-electron chi connectivity index (χ3n) is 3.46. The highest BCUT2D eigenvalue weighted by Gasteiger charge is 2.11. The summed E-state index contributed by atoms with van der Waals surface area (Å²) in [5.41, 5.74) is 1.20. The first-order valence-corrected chi connectivity index (χ1v) is 9.52. The summed E-state index contributed by atoms with van der Waals surface area (Å²) in [6, 6.07) is 12.2. The summed E-state index contributed by atoms with van der Waals surface area (Å²) in [6.07, 6.45) is 0. The molecule has 3 rings (SSSR count). The maximum atomic E-state index is 13.1. The quantitative estimate of drug-likeness (QED) is 0.489. The number of aromatic nitrogens is 3. The highest BCUT2D eigenvalue weighted by Crippen LogP contribution is 2.26. The summed E-state index contributed by atoms with van der Waals surface area (Å²) in [5, 5.41) is 9.36. The van der Waals surface area contributed by atoms with Crippen molar-refractivity contribution in [3.8, 4) is 5.75 Å². The van der Waals surface area contributed by atoms with Gasteiger partial charge >= 0.3 is 0 Å². The van der Waals surface area contributed by atoms with Gasteiger partial charge in [-0.2, -0.15) is 0 Å². The van der Waals surface area contributed by atoms with Crippen LogP contribution in [0.15, 0.2) is 52.1 Å². The summed E-state index contributed by atoms with van der Waals surface area (Å²) in [7, 11) is 1.88. The Morgan fingerprint density at radius 1 is 1.20 bits per heavy atom. The van der Waals surface area contributed by atoms with E-state index < -0.39 is 5.82 Å². The zero-order valence-corrected chi connectivity index (χ0v) is 16.4. The van der Waals surface area contributed by atoms with E-state index in [1.807, 2.05) is 23.7 Å². The highest BCUT2D eigenvalue weighted by atomic mass is 79.9. The molecule has 0 amide bonds. The van der Waals surface area contributed by atoms with Gasteiger partial charge in [0.25, 0.3) is 0 Å². The number of rotatable bonds is 6. The van der Waals surface area contributed by atoms with Gasteiger partial charge in [0, 0.05) is 17.3 Å². The maximum absolute atomic E-state index is 13.1. The smallest absolute Gasteiger partial charge is 0.191 e. The van der Waals surface area contributed by atoms with Crippen molar-refractivity contribution in [2.75, 3.05) is 0 Å². The van der Waals surface area contributed by atoms with Gasteiger partial charge in [-0.25, -0.2) is 4.39 Å². The first-order valence-electron chi connectivity index (χ1n) is 7.36. The van der Waals surface area contributed by atoms with Crippen LogP contribution in [0.4, 0.5) is 4.39 Å². The number of ether oxygens (including phenoxy) is 1. The van der Waals surface area contributed by atoms with E-state index >= 15 is 0 Å². The Bertz CT molecular complexity index is 873. The van der Waals surface area contributed by atoms with Gasteiger partial charge in [0.2, 0.25) is 0 Å². The largest absolute Gasteiger partial charge is 0.484 e. The zero-order valence-electron chi connectivity index (χ0n) is 13.2. The zero-order chi connectivity index (χ0) is 17.8. The number of nitrogens with zero attached hydrogens (tertiary/aromatic N) is 3. The fourth-order valence-electron chi connectivity index (χ4n) is 2.06. The van der Waals surface area contributed by atoms with Crippen molar-refractivity contribution in [3.05, 3.63) is 69.2 Å². The topological polar surface area (TPSA) is 39.9 Å². The Hall–Kier alpha value is -1.57. The molecular formula is C17H14BrClFN3OS. The van der Waals surface area contributed by atoms with E-state index in [2.05, 4.69) is 38.3 Å². The first kappa shape index (κ1) is 18.2. The van der Waals surface area contributed by atoms with Crippen LogP contribution >= 0.6 is 39.3 Å². The normalized spacial score (nSPS) is 10.9. The number of halogens is 3. The molecule has 1 aromatic heterocycles. The lowest BCUT2D eigenvalue weighted by Gasteiger charge is -2.08. The van der Waals surface area contributed by atoms with Crippen LogP contribution < -0.4 is 4.74 Å². The molecule has 0 unspecified atom stereocenters. The van der Waals surface area contributed by atoms with Gasteiger partial charge in [-0.15, -0.1) is 10.2 Å². The SMILES string of the molecule is Cn1c(COc2ccc(F)cc2Cl)nnc1SCc1ccc(Br)cc1. The predicted molar refractivity (Wildman–Crippen MR) is 100 cm³/mol. The molecule has 0 fully saturated rings. The molecule has 4 nitrogen and oxygen atoms in total. The first-order chi connectivity index (χ1) is 12.0. The second kappa shape index (κ2) is 8.21. The van der Waals surface area contributed by atoms with Crippen LogP contribution in [0.5, 0.6) is 5.75 Å². The van der Waals surface area contributed by atoms with Gasteiger partial charge in [-0.3, -0.25) is 0 Å². The van der Waals surface area contributed by atoms with Crippen molar-refractivity contribution in [2.45, 2.75) is 17.5 Å². The fraction of sp³-hybridized carbons (Fsp3) is 0.176. The van der Waals surface area contributed by atoms with Crippen molar-refractivity contribution in [1.29, 1.82) is 0 Å². The number of thioether (sulfide) groups is 1. The average Bonchev–Trinajstić information content (AvgIpc) is 2.94. The van der Waals surface area contributed by atoms with Crippen molar-refractivity contribution >= 4 is 39.3 Å². The van der Waals surface area contributed by atoms with E-state index in [-0.39, 0.29) is 11.6 Å². The van der Waals surface area contributed by atoms with Gasteiger partial charge < -0.3 is 9.30 Å². The van der Waals surface area contributed by atoms with E-state index in [9.17, 15) is 4.39 Å². The molecule has 3 aromatic rings. The van der Waals surface area contributed by atoms with E-state index in [0.717, 1.165) is 15.4 Å². The molecule has 8 heteroatoms. The molecule has 2 aromatic carbocycles. The molecule has 0 aliphatic carbocycles. The minimum atomic E-state index is -0.400. The Kier molecular flexibility index (Phi) is 5.98. The summed E-state index contributed by atoms with van der Waals surface area (Å²) in [6.45, 7) is 0.202. The van der Waals surface area contributed by atoms with E-state index in [4.69, 9.17) is 16.3 Å². The van der Waals surface area contributed by atoms with E-state index in [1.54, 1.807) is 11.8 Å². The van der Waals surface area contributed by atoms with Gasteiger partial charge in [-0.05, 0) is 35.9 Å². The molecule has 25 heavy (non-hydrogen) atoms. The molecule has 0 aliphatic rings. The lowest BCUT2D eigenvalue weighted by atomic mass is 10.2. The number of hydrogen-bond acceptors (Lipinski definition) is 4. The third kappa shape index (κ3) is 4.74. The molecule has 0 spiro atoms. The molecule has 0 radical (unpaired) electrons. The lowest BCUT2D eigenvalue weighted by Crippen LogP contribution is -2.04. The summed E-state index contributed by atoms with van der Waals surface area (Å²) in [5.74, 6) is 1.47. The van der Waals surface area contributed by atoms with Gasteiger partial charge in [-0.1, -0.05) is 51.4 Å². The molecule has 0 N–H and O–H groups in total. The van der Waals surface area contributed by atoms with Crippen LogP contribution in [-0.4, -0.2) is 14.8 Å². The molecular weight excluding hydrogens is 429 g/mol. The molecule has 0 bridgehead atoms. The molecule has 0 saturated heterocycles. The minimum Gasteiger partial charge on any atom is -0.484 e. The third-order valence-corrected chi connectivity index (χ3v) is 5.37. The van der Waals surface area contributed by atoms with Crippen LogP contribution in [0.25, 0.3) is 0 Å². The van der Waals surface area contributed by atoms with Crippen molar-refractivity contribution in [1.82, 2.24) is 14.8 Å². The second-order valence-corrected chi connectivity index (χ2v) is 7.50. The Morgan fingerprint density at radius 2 is 1.96 bits per heavy atom. The summed E-state index contributed by atoms with van der Waals surface area (Å²) >= 11 is 11.0. The Morgan fingerprint density at radius 3 is 2.68 bits per heavy atom. The van der Waals surface area contributed by atoms with E-state index in [1.165, 1.54) is 23.8 Å².